The number of piperazine rings is 1. The van der Waals surface area contributed by atoms with Gasteiger partial charge in [0.1, 0.15) is 22.7 Å². The van der Waals surface area contributed by atoms with Crippen molar-refractivity contribution in [1.82, 2.24) is 20.6 Å². The zero-order valence-corrected chi connectivity index (χ0v) is 20.4. The van der Waals surface area contributed by atoms with E-state index in [2.05, 4.69) is 21.6 Å². The van der Waals surface area contributed by atoms with E-state index in [1.807, 2.05) is 6.07 Å². The molecule has 1 aromatic carbocycles. The van der Waals surface area contributed by atoms with Crippen molar-refractivity contribution in [3.8, 4) is 12.1 Å². The Morgan fingerprint density at radius 3 is 2.83 bits per heavy atom. The maximum Gasteiger partial charge on any atom is 0.318 e. The molecule has 0 amide bonds. The minimum atomic E-state index is -0.403. The second-order valence-electron chi connectivity index (χ2n) is 9.68. The summed E-state index contributed by atoms with van der Waals surface area (Å²) in [7, 11) is 1.61. The zero-order valence-electron chi connectivity index (χ0n) is 19.6. The van der Waals surface area contributed by atoms with Crippen molar-refractivity contribution in [1.29, 1.82) is 5.26 Å². The minimum absolute atomic E-state index is 0.102. The van der Waals surface area contributed by atoms with Crippen molar-refractivity contribution < 1.29 is 9.13 Å². The number of rotatable bonds is 4. The summed E-state index contributed by atoms with van der Waals surface area (Å²) in [6.45, 7) is 2.71. The number of hydrogen-bond acceptors (Lipinski definition) is 9. The molecular formula is C25H28FN7OS. The van der Waals surface area contributed by atoms with Gasteiger partial charge in [-0.25, -0.2) is 4.39 Å². The molecule has 0 radical (unpaired) electrons. The zero-order chi connectivity index (χ0) is 24.1. The van der Waals surface area contributed by atoms with E-state index in [-0.39, 0.29) is 11.6 Å². The highest BCUT2D eigenvalue weighted by Gasteiger charge is 2.35. The largest absolute Gasteiger partial charge is 0.467 e. The number of nitrogens with two attached hydrogens (primary N) is 1. The van der Waals surface area contributed by atoms with Gasteiger partial charge in [-0.15, -0.1) is 11.3 Å². The van der Waals surface area contributed by atoms with E-state index in [9.17, 15) is 9.65 Å². The van der Waals surface area contributed by atoms with Gasteiger partial charge in [-0.1, -0.05) is 6.07 Å². The monoisotopic (exact) mass is 493 g/mol. The van der Waals surface area contributed by atoms with Gasteiger partial charge in [0.15, 0.2) is 0 Å². The molecule has 4 N–H and O–H groups in total. The topological polar surface area (TPSA) is 112 Å². The Labute approximate surface area is 207 Å². The van der Waals surface area contributed by atoms with Crippen molar-refractivity contribution in [2.24, 2.45) is 0 Å². The number of nitriles is 1. The molecule has 2 bridgehead atoms. The third kappa shape index (κ3) is 3.97. The van der Waals surface area contributed by atoms with Crippen LogP contribution in [0.1, 0.15) is 35.2 Å². The van der Waals surface area contributed by atoms with Crippen LogP contribution in [0.5, 0.6) is 6.01 Å². The Morgan fingerprint density at radius 2 is 2.09 bits per heavy atom. The molecule has 2 fully saturated rings. The first-order valence-electron chi connectivity index (χ1n) is 12.1. The van der Waals surface area contributed by atoms with Gasteiger partial charge in [0.2, 0.25) is 0 Å². The smallest absolute Gasteiger partial charge is 0.318 e. The standard InChI is InChI=1S/C25H28FN7OS/c1-34-25-31-20-9-16(8-13-2-5-19(26)21-18(10-27)23(28)35-22(13)21)29-7-6-17(20)24(32-25)33-11-14-3-4-15(12-33)30-14/h2,5,14-16,29-30H,3-4,6-9,11-12,28H2,1H3. The van der Waals surface area contributed by atoms with Crippen LogP contribution in [0.15, 0.2) is 12.1 Å². The molecule has 3 aromatic rings. The number of nitrogens with zero attached hydrogens (tertiary/aromatic N) is 4. The highest BCUT2D eigenvalue weighted by molar-refractivity contribution is 7.23. The predicted molar refractivity (Wildman–Crippen MR) is 135 cm³/mol. The van der Waals surface area contributed by atoms with Gasteiger partial charge in [-0.2, -0.15) is 15.2 Å². The molecule has 10 heteroatoms. The number of ether oxygens (including phenoxy) is 1. The number of nitrogens with one attached hydrogen (secondary N) is 2. The summed E-state index contributed by atoms with van der Waals surface area (Å²) in [5, 5.41) is 17.5. The first-order valence-corrected chi connectivity index (χ1v) is 12.9. The number of halogens is 1. The van der Waals surface area contributed by atoms with Crippen molar-refractivity contribution in [3.63, 3.8) is 0 Å². The minimum Gasteiger partial charge on any atom is -0.467 e. The average molecular weight is 494 g/mol. The number of thiophene rings is 1. The van der Waals surface area contributed by atoms with Crippen LogP contribution in [0.4, 0.5) is 15.2 Å². The number of methoxy groups -OCH3 is 1. The van der Waals surface area contributed by atoms with E-state index >= 15 is 0 Å². The van der Waals surface area contributed by atoms with Gasteiger partial charge in [0.05, 0.1) is 18.4 Å². The first kappa shape index (κ1) is 22.5. The summed E-state index contributed by atoms with van der Waals surface area (Å²) in [5.74, 6) is 0.598. The fourth-order valence-electron chi connectivity index (χ4n) is 5.87. The van der Waals surface area contributed by atoms with Crippen LogP contribution in [-0.2, 0) is 19.3 Å². The van der Waals surface area contributed by atoms with E-state index in [1.165, 1.54) is 35.8 Å². The number of aromatic nitrogens is 2. The van der Waals surface area contributed by atoms with Crippen molar-refractivity contribution in [3.05, 3.63) is 40.3 Å². The van der Waals surface area contributed by atoms with Crippen molar-refractivity contribution >= 4 is 32.2 Å². The summed E-state index contributed by atoms with van der Waals surface area (Å²) >= 11 is 1.29. The molecule has 3 unspecified atom stereocenters. The van der Waals surface area contributed by atoms with Crippen LogP contribution in [0.3, 0.4) is 0 Å². The molecule has 5 heterocycles. The molecule has 0 saturated carbocycles. The van der Waals surface area contributed by atoms with E-state index in [0.29, 0.717) is 41.3 Å². The van der Waals surface area contributed by atoms with Crippen LogP contribution in [-0.4, -0.2) is 54.8 Å². The van der Waals surface area contributed by atoms with Crippen LogP contribution in [0, 0.1) is 17.1 Å². The lowest BCUT2D eigenvalue weighted by Gasteiger charge is -2.35. The predicted octanol–water partition coefficient (Wildman–Crippen LogP) is 2.53. The van der Waals surface area contributed by atoms with Gasteiger partial charge in [-0.05, 0) is 43.9 Å². The van der Waals surface area contributed by atoms with Crippen molar-refractivity contribution in [2.75, 3.05) is 37.4 Å². The van der Waals surface area contributed by atoms with Gasteiger partial charge in [0.25, 0.3) is 0 Å². The Hall–Kier alpha value is -3.00. The average Bonchev–Trinajstić information content (AvgIpc) is 3.30. The number of fused-ring (bicyclic) bond motifs is 4. The normalized spacial score (nSPS) is 23.7. The highest BCUT2D eigenvalue weighted by atomic mass is 32.1. The molecule has 3 aliphatic heterocycles. The third-order valence-corrected chi connectivity index (χ3v) is 8.57. The number of benzene rings is 1. The first-order chi connectivity index (χ1) is 17.0. The molecule has 3 atom stereocenters. The molecule has 35 heavy (non-hydrogen) atoms. The maximum absolute atomic E-state index is 14.6. The molecule has 0 aliphatic carbocycles. The van der Waals surface area contributed by atoms with E-state index in [1.54, 1.807) is 7.11 Å². The third-order valence-electron chi connectivity index (χ3n) is 7.47. The van der Waals surface area contributed by atoms with Gasteiger partial charge < -0.3 is 26.0 Å². The van der Waals surface area contributed by atoms with E-state index in [4.69, 9.17) is 20.4 Å². The molecule has 3 aliphatic rings. The van der Waals surface area contributed by atoms with Crippen LogP contribution >= 0.6 is 11.3 Å². The van der Waals surface area contributed by atoms with E-state index in [0.717, 1.165) is 47.8 Å². The second-order valence-corrected chi connectivity index (χ2v) is 10.7. The molecular weight excluding hydrogens is 465 g/mol. The second kappa shape index (κ2) is 8.90. The maximum atomic E-state index is 14.6. The fourth-order valence-corrected chi connectivity index (χ4v) is 6.92. The highest BCUT2D eigenvalue weighted by Crippen LogP contribution is 2.38. The lowest BCUT2D eigenvalue weighted by Crippen LogP contribution is -2.51. The number of anilines is 2. The summed E-state index contributed by atoms with van der Waals surface area (Å²) < 4.78 is 20.8. The fraction of sp³-hybridized carbons (Fsp3) is 0.480. The number of nitrogen functional groups attached to an aromatic ring is 1. The SMILES string of the molecule is COc1nc2c(c(N3CC4CCC(C3)N4)n1)CCNC(Cc1ccc(F)c3c(C#N)c(N)sc13)C2. The Morgan fingerprint density at radius 1 is 1.29 bits per heavy atom. The molecule has 2 aromatic heterocycles. The van der Waals surface area contributed by atoms with Crippen LogP contribution in [0.2, 0.25) is 0 Å². The molecule has 8 nitrogen and oxygen atoms in total. The molecule has 182 valence electrons. The molecule has 0 spiro atoms. The quantitative estimate of drug-likeness (QED) is 0.508. The van der Waals surface area contributed by atoms with Gasteiger partial charge >= 0.3 is 6.01 Å². The van der Waals surface area contributed by atoms with Gasteiger partial charge in [0, 0.05) is 53.3 Å². The van der Waals surface area contributed by atoms with Gasteiger partial charge in [-0.3, -0.25) is 0 Å². The summed E-state index contributed by atoms with van der Waals surface area (Å²) in [6, 6.07) is 6.85. The lowest BCUT2D eigenvalue weighted by atomic mass is 9.98. The Bertz CT molecular complexity index is 1320. The summed E-state index contributed by atoms with van der Waals surface area (Å²) in [6.07, 6.45) is 4.66. The molecule has 2 saturated heterocycles. The lowest BCUT2D eigenvalue weighted by molar-refractivity contribution is 0.375. The Balaban J connectivity index is 1.32. The Kier molecular flexibility index (Phi) is 5.71. The van der Waals surface area contributed by atoms with Crippen molar-refractivity contribution in [2.45, 2.75) is 50.2 Å². The van der Waals surface area contributed by atoms with E-state index < -0.39 is 5.82 Å². The summed E-state index contributed by atoms with van der Waals surface area (Å²) in [4.78, 5) is 12.0. The molecule has 6 rings (SSSR count). The summed E-state index contributed by atoms with van der Waals surface area (Å²) in [5.41, 5.74) is 9.46. The van der Waals surface area contributed by atoms with Crippen LogP contribution < -0.4 is 26.0 Å². The number of hydrogen-bond donors (Lipinski definition) is 3. The van der Waals surface area contributed by atoms with Crippen LogP contribution in [0.25, 0.3) is 10.1 Å².